The Morgan fingerprint density at radius 2 is 2.00 bits per heavy atom. The topological polar surface area (TPSA) is 15.3 Å². The van der Waals surface area contributed by atoms with Crippen LogP contribution >= 0.6 is 22.6 Å². The second kappa shape index (κ2) is 7.01. The van der Waals surface area contributed by atoms with Gasteiger partial charge in [-0.3, -0.25) is 0 Å². The molecule has 1 atom stereocenters. The molecule has 1 heterocycles. The molecule has 1 fully saturated rings. The fourth-order valence-corrected chi connectivity index (χ4v) is 2.03. The molecule has 1 rings (SSSR count). The molecule has 0 bridgehead atoms. The van der Waals surface area contributed by atoms with Crippen LogP contribution in [0.5, 0.6) is 0 Å². The normalized spacial score (nSPS) is 21.7. The number of rotatable bonds is 5. The molecule has 0 aromatic rings. The van der Waals surface area contributed by atoms with E-state index in [1.165, 1.54) is 38.9 Å². The molecule has 0 aromatic heterocycles. The van der Waals surface area contributed by atoms with Crippen molar-refractivity contribution in [3.05, 3.63) is 0 Å². The highest BCUT2D eigenvalue weighted by Crippen LogP contribution is 2.07. The largest absolute Gasteiger partial charge is 0.314 e. The Morgan fingerprint density at radius 3 is 2.62 bits per heavy atom. The third-order valence-corrected chi connectivity index (χ3v) is 2.92. The molecule has 3 heteroatoms. The van der Waals surface area contributed by atoms with Gasteiger partial charge in [-0.2, -0.15) is 0 Å². The number of nitrogens with one attached hydrogen (secondary N) is 1. The molecule has 0 aliphatic carbocycles. The van der Waals surface area contributed by atoms with Gasteiger partial charge in [-0.15, -0.1) is 0 Å². The molecule has 0 amide bonds. The molecular weight excluding hydrogens is 275 g/mol. The van der Waals surface area contributed by atoms with Gasteiger partial charge in [-0.25, -0.2) is 0 Å². The van der Waals surface area contributed by atoms with Gasteiger partial charge in [0.25, 0.3) is 0 Å². The van der Waals surface area contributed by atoms with E-state index in [1.54, 1.807) is 0 Å². The SMILES string of the molecule is CC(I)CNCCN1CCCCC1. The highest BCUT2D eigenvalue weighted by molar-refractivity contribution is 14.1. The maximum Gasteiger partial charge on any atom is 0.0206 e. The van der Waals surface area contributed by atoms with Gasteiger partial charge >= 0.3 is 0 Å². The van der Waals surface area contributed by atoms with E-state index >= 15 is 0 Å². The molecule has 0 saturated carbocycles. The summed E-state index contributed by atoms with van der Waals surface area (Å²) in [5.41, 5.74) is 0. The summed E-state index contributed by atoms with van der Waals surface area (Å²) in [5.74, 6) is 0. The summed E-state index contributed by atoms with van der Waals surface area (Å²) in [6.45, 7) is 8.43. The van der Waals surface area contributed by atoms with Gasteiger partial charge in [0.05, 0.1) is 0 Å². The first-order chi connectivity index (χ1) is 6.29. The first-order valence-corrected chi connectivity index (χ1v) is 6.61. The maximum atomic E-state index is 3.48. The van der Waals surface area contributed by atoms with Crippen LogP contribution in [0.1, 0.15) is 26.2 Å². The summed E-state index contributed by atoms with van der Waals surface area (Å²) in [6.07, 6.45) is 4.25. The van der Waals surface area contributed by atoms with Crippen LogP contribution in [0, 0.1) is 0 Å². The highest BCUT2D eigenvalue weighted by atomic mass is 127. The van der Waals surface area contributed by atoms with Crippen LogP contribution in [0.25, 0.3) is 0 Å². The average molecular weight is 296 g/mol. The minimum atomic E-state index is 0.749. The number of hydrogen-bond donors (Lipinski definition) is 1. The lowest BCUT2D eigenvalue weighted by Gasteiger charge is -2.26. The zero-order valence-electron chi connectivity index (χ0n) is 8.56. The van der Waals surface area contributed by atoms with Crippen molar-refractivity contribution in [2.45, 2.75) is 30.1 Å². The standard InChI is InChI=1S/C10H21IN2/c1-10(11)9-12-5-8-13-6-3-2-4-7-13/h10,12H,2-9H2,1H3. The average Bonchev–Trinajstić information content (AvgIpc) is 2.14. The van der Waals surface area contributed by atoms with Gasteiger partial charge in [0.15, 0.2) is 0 Å². The zero-order chi connectivity index (χ0) is 9.52. The number of alkyl halides is 1. The number of halogens is 1. The molecule has 2 nitrogen and oxygen atoms in total. The van der Waals surface area contributed by atoms with Crippen LogP contribution in [0.3, 0.4) is 0 Å². The summed E-state index contributed by atoms with van der Waals surface area (Å²) in [7, 11) is 0. The third kappa shape index (κ3) is 5.86. The Bertz CT molecular complexity index is 122. The molecule has 13 heavy (non-hydrogen) atoms. The Kier molecular flexibility index (Phi) is 6.32. The van der Waals surface area contributed by atoms with Gasteiger partial charge in [-0.05, 0) is 25.9 Å². The van der Waals surface area contributed by atoms with Crippen molar-refractivity contribution < 1.29 is 0 Å². The van der Waals surface area contributed by atoms with E-state index in [1.807, 2.05) is 0 Å². The number of hydrogen-bond acceptors (Lipinski definition) is 2. The second-order valence-electron chi connectivity index (χ2n) is 3.89. The summed E-state index contributed by atoms with van der Waals surface area (Å²) in [5, 5.41) is 3.48. The molecule has 0 spiro atoms. The smallest absolute Gasteiger partial charge is 0.0206 e. The molecule has 1 saturated heterocycles. The van der Waals surface area contributed by atoms with Gasteiger partial charge in [-0.1, -0.05) is 35.9 Å². The van der Waals surface area contributed by atoms with Crippen LogP contribution in [0.4, 0.5) is 0 Å². The van der Waals surface area contributed by atoms with E-state index in [-0.39, 0.29) is 0 Å². The predicted molar refractivity (Wildman–Crippen MR) is 66.6 cm³/mol. The summed E-state index contributed by atoms with van der Waals surface area (Å²) < 4.78 is 0.749. The van der Waals surface area contributed by atoms with E-state index in [2.05, 4.69) is 39.7 Å². The summed E-state index contributed by atoms with van der Waals surface area (Å²) >= 11 is 2.46. The molecule has 1 aliphatic heterocycles. The van der Waals surface area contributed by atoms with Crippen molar-refractivity contribution in [3.63, 3.8) is 0 Å². The van der Waals surface area contributed by atoms with Gasteiger partial charge in [0.1, 0.15) is 0 Å². The van der Waals surface area contributed by atoms with Crippen molar-refractivity contribution in [2.24, 2.45) is 0 Å². The van der Waals surface area contributed by atoms with E-state index in [0.29, 0.717) is 0 Å². The van der Waals surface area contributed by atoms with Crippen LogP contribution in [0.15, 0.2) is 0 Å². The van der Waals surface area contributed by atoms with Crippen LogP contribution in [-0.4, -0.2) is 41.5 Å². The lowest BCUT2D eigenvalue weighted by atomic mass is 10.1. The zero-order valence-corrected chi connectivity index (χ0v) is 10.7. The van der Waals surface area contributed by atoms with E-state index in [9.17, 15) is 0 Å². The van der Waals surface area contributed by atoms with Crippen LogP contribution < -0.4 is 5.32 Å². The van der Waals surface area contributed by atoms with Crippen molar-refractivity contribution in [3.8, 4) is 0 Å². The van der Waals surface area contributed by atoms with Gasteiger partial charge < -0.3 is 10.2 Å². The molecule has 1 N–H and O–H groups in total. The Morgan fingerprint density at radius 1 is 1.31 bits per heavy atom. The van der Waals surface area contributed by atoms with Crippen LogP contribution in [-0.2, 0) is 0 Å². The maximum absolute atomic E-state index is 3.48. The molecule has 1 unspecified atom stereocenters. The minimum Gasteiger partial charge on any atom is -0.314 e. The fraction of sp³-hybridized carbons (Fsp3) is 1.00. The van der Waals surface area contributed by atoms with Gasteiger partial charge in [0, 0.05) is 23.6 Å². The number of nitrogens with zero attached hydrogens (tertiary/aromatic N) is 1. The van der Waals surface area contributed by atoms with E-state index in [4.69, 9.17) is 0 Å². The Labute approximate surface area is 95.6 Å². The van der Waals surface area contributed by atoms with Crippen LogP contribution in [0.2, 0.25) is 0 Å². The van der Waals surface area contributed by atoms with Crippen molar-refractivity contribution in [1.29, 1.82) is 0 Å². The monoisotopic (exact) mass is 296 g/mol. The first kappa shape index (κ1) is 11.7. The summed E-state index contributed by atoms with van der Waals surface area (Å²) in [6, 6.07) is 0. The predicted octanol–water partition coefficient (Wildman–Crippen LogP) is 1.89. The lowest BCUT2D eigenvalue weighted by molar-refractivity contribution is 0.229. The fourth-order valence-electron chi connectivity index (χ4n) is 1.72. The van der Waals surface area contributed by atoms with Gasteiger partial charge in [0.2, 0.25) is 0 Å². The molecule has 0 aromatic carbocycles. The minimum absolute atomic E-state index is 0.749. The van der Waals surface area contributed by atoms with Crippen molar-refractivity contribution in [1.82, 2.24) is 10.2 Å². The van der Waals surface area contributed by atoms with E-state index in [0.717, 1.165) is 17.0 Å². The van der Waals surface area contributed by atoms with Crippen molar-refractivity contribution in [2.75, 3.05) is 32.7 Å². The Balaban J connectivity index is 1.92. The second-order valence-corrected chi connectivity index (χ2v) is 6.01. The quantitative estimate of drug-likeness (QED) is 0.473. The first-order valence-electron chi connectivity index (χ1n) is 5.36. The third-order valence-electron chi connectivity index (χ3n) is 2.48. The molecular formula is C10H21IN2. The number of piperidine rings is 1. The molecule has 78 valence electrons. The number of likely N-dealkylation sites (tertiary alicyclic amines) is 1. The Hall–Kier alpha value is 0.650. The van der Waals surface area contributed by atoms with Crippen molar-refractivity contribution >= 4 is 22.6 Å². The highest BCUT2D eigenvalue weighted by Gasteiger charge is 2.08. The molecule has 1 aliphatic rings. The lowest BCUT2D eigenvalue weighted by Crippen LogP contribution is -2.36. The summed E-state index contributed by atoms with van der Waals surface area (Å²) in [4.78, 5) is 2.58. The van der Waals surface area contributed by atoms with E-state index < -0.39 is 0 Å². The molecule has 0 radical (unpaired) electrons.